The van der Waals surface area contributed by atoms with E-state index in [9.17, 15) is 35.9 Å². The highest BCUT2D eigenvalue weighted by atomic mass is 19.4. The molecule has 2 aromatic heterocycles. The van der Waals surface area contributed by atoms with Gasteiger partial charge >= 0.3 is 12.4 Å². The number of amides is 1. The van der Waals surface area contributed by atoms with Crippen LogP contribution in [-0.4, -0.2) is 63.3 Å². The Morgan fingerprint density at radius 2 is 1.75 bits per heavy atom. The molecule has 0 unspecified atom stereocenters. The average molecular weight is 520 g/mol. The van der Waals surface area contributed by atoms with Gasteiger partial charge in [0, 0.05) is 38.6 Å². The first-order chi connectivity index (χ1) is 16.8. The van der Waals surface area contributed by atoms with Gasteiger partial charge in [0.05, 0.1) is 23.8 Å². The van der Waals surface area contributed by atoms with Gasteiger partial charge < -0.3 is 14.5 Å². The van der Waals surface area contributed by atoms with Gasteiger partial charge in [-0.2, -0.15) is 31.4 Å². The van der Waals surface area contributed by atoms with Crippen LogP contribution in [0.4, 0.5) is 32.3 Å². The van der Waals surface area contributed by atoms with E-state index in [4.69, 9.17) is 4.74 Å². The first kappa shape index (κ1) is 25.9. The van der Waals surface area contributed by atoms with Crippen LogP contribution in [0.2, 0.25) is 0 Å². The standard InChI is InChI=1S/C21H22F6N6O3/c1-11(36-14-3-2-13-16(21(25,26)27)18(35)31-30-17(13)14)8-15(34)32-4-6-33(7-5-32)19-28-9-12(10-29-19)20(22,23)24/h9-11,14H,2-8H2,1H3,(H,31,35)/t11-,14-/m1/s1. The Morgan fingerprint density at radius 3 is 2.33 bits per heavy atom. The molecule has 2 aromatic rings. The Balaban J connectivity index is 1.31. The highest BCUT2D eigenvalue weighted by Crippen LogP contribution is 2.39. The van der Waals surface area contributed by atoms with Crippen LogP contribution in [0.5, 0.6) is 0 Å². The van der Waals surface area contributed by atoms with Crippen molar-refractivity contribution in [3.8, 4) is 0 Å². The lowest BCUT2D eigenvalue weighted by Crippen LogP contribution is -2.49. The van der Waals surface area contributed by atoms with Gasteiger partial charge in [-0.1, -0.05) is 0 Å². The fraction of sp³-hybridized carbons (Fsp3) is 0.571. The van der Waals surface area contributed by atoms with Crippen molar-refractivity contribution in [3.63, 3.8) is 0 Å². The average Bonchev–Trinajstić information content (AvgIpc) is 3.19. The van der Waals surface area contributed by atoms with E-state index in [1.807, 2.05) is 5.10 Å². The van der Waals surface area contributed by atoms with E-state index < -0.39 is 41.2 Å². The number of aromatic nitrogens is 4. The summed E-state index contributed by atoms with van der Waals surface area (Å²) in [6.07, 6.45) is -9.18. The van der Waals surface area contributed by atoms with E-state index in [0.717, 1.165) is 0 Å². The largest absolute Gasteiger partial charge is 0.422 e. The van der Waals surface area contributed by atoms with E-state index in [2.05, 4.69) is 15.1 Å². The monoisotopic (exact) mass is 520 g/mol. The van der Waals surface area contributed by atoms with Crippen molar-refractivity contribution in [2.45, 2.75) is 50.7 Å². The molecule has 15 heteroatoms. The van der Waals surface area contributed by atoms with E-state index in [1.54, 1.807) is 16.7 Å². The number of piperazine rings is 1. The Kier molecular flexibility index (Phi) is 6.94. The number of carbonyl (C=O) groups excluding carboxylic acids is 1. The number of fused-ring (bicyclic) bond motifs is 1. The SMILES string of the molecule is C[C@H](CC(=O)N1CCN(c2ncc(C(F)(F)F)cn2)CC1)O[C@@H]1CCc2c1n[nH]c(=O)c2C(F)(F)F. The normalized spacial score (nSPS) is 19.4. The second-order valence-corrected chi connectivity index (χ2v) is 8.60. The lowest BCUT2D eigenvalue weighted by Gasteiger charge is -2.35. The summed E-state index contributed by atoms with van der Waals surface area (Å²) in [5.41, 5.74) is -3.68. The van der Waals surface area contributed by atoms with Gasteiger partial charge in [-0.3, -0.25) is 9.59 Å². The van der Waals surface area contributed by atoms with Crippen LogP contribution in [0.1, 0.15) is 48.3 Å². The summed E-state index contributed by atoms with van der Waals surface area (Å²) in [4.78, 5) is 35.1. The summed E-state index contributed by atoms with van der Waals surface area (Å²) >= 11 is 0. The number of nitrogens with zero attached hydrogens (tertiary/aromatic N) is 5. The second kappa shape index (κ2) is 9.67. The van der Waals surface area contributed by atoms with Crippen molar-refractivity contribution in [1.82, 2.24) is 25.1 Å². The lowest BCUT2D eigenvalue weighted by atomic mass is 10.1. The van der Waals surface area contributed by atoms with E-state index in [0.29, 0.717) is 38.6 Å². The van der Waals surface area contributed by atoms with Gasteiger partial charge in [0.1, 0.15) is 11.7 Å². The number of ether oxygens (including phenoxy) is 1. The first-order valence-electron chi connectivity index (χ1n) is 11.1. The molecule has 0 aromatic carbocycles. The van der Waals surface area contributed by atoms with Crippen molar-refractivity contribution in [3.05, 3.63) is 45.1 Å². The van der Waals surface area contributed by atoms with Crippen molar-refractivity contribution in [1.29, 1.82) is 0 Å². The minimum atomic E-state index is -4.81. The van der Waals surface area contributed by atoms with Crippen molar-refractivity contribution < 1.29 is 35.9 Å². The fourth-order valence-corrected chi connectivity index (χ4v) is 4.35. The van der Waals surface area contributed by atoms with Crippen LogP contribution in [-0.2, 0) is 28.3 Å². The summed E-state index contributed by atoms with van der Waals surface area (Å²) < 4.78 is 83.7. The number of nitrogens with one attached hydrogen (secondary N) is 1. The summed E-state index contributed by atoms with van der Waals surface area (Å²) in [5, 5.41) is 5.63. The van der Waals surface area contributed by atoms with Crippen molar-refractivity contribution in [2.75, 3.05) is 31.1 Å². The maximum absolute atomic E-state index is 13.3. The predicted molar refractivity (Wildman–Crippen MR) is 112 cm³/mol. The molecule has 9 nitrogen and oxygen atoms in total. The van der Waals surface area contributed by atoms with Crippen LogP contribution in [0.3, 0.4) is 0 Å². The number of halogens is 6. The van der Waals surface area contributed by atoms with Crippen molar-refractivity contribution >= 4 is 11.9 Å². The summed E-state index contributed by atoms with van der Waals surface area (Å²) in [5.74, 6) is -0.102. The zero-order valence-electron chi connectivity index (χ0n) is 19.0. The first-order valence-corrected chi connectivity index (χ1v) is 11.1. The third kappa shape index (κ3) is 5.44. The number of H-pyrrole nitrogens is 1. The Labute approximate surface area is 200 Å². The van der Waals surface area contributed by atoms with Gasteiger partial charge in [0.2, 0.25) is 11.9 Å². The van der Waals surface area contributed by atoms with Crippen LogP contribution < -0.4 is 10.5 Å². The molecule has 4 rings (SSSR count). The smallest absolute Gasteiger partial charge is 0.368 e. The van der Waals surface area contributed by atoms with Gasteiger partial charge in [-0.25, -0.2) is 15.1 Å². The molecular weight excluding hydrogens is 498 g/mol. The van der Waals surface area contributed by atoms with Crippen LogP contribution in [0.15, 0.2) is 17.2 Å². The summed E-state index contributed by atoms with van der Waals surface area (Å²) in [6.45, 7) is 2.85. The lowest BCUT2D eigenvalue weighted by molar-refractivity contribution is -0.139. The number of aromatic amines is 1. The van der Waals surface area contributed by atoms with Crippen molar-refractivity contribution in [2.24, 2.45) is 0 Å². The minimum absolute atomic E-state index is 0.0135. The maximum Gasteiger partial charge on any atom is 0.422 e. The number of alkyl halides is 6. The maximum atomic E-state index is 13.3. The highest BCUT2D eigenvalue weighted by Gasteiger charge is 2.42. The number of hydrogen-bond acceptors (Lipinski definition) is 7. The quantitative estimate of drug-likeness (QED) is 0.605. The predicted octanol–water partition coefficient (Wildman–Crippen LogP) is 2.73. The van der Waals surface area contributed by atoms with Crippen LogP contribution in [0, 0.1) is 0 Å². The van der Waals surface area contributed by atoms with Gasteiger partial charge in [0.25, 0.3) is 5.56 Å². The topological polar surface area (TPSA) is 104 Å². The molecule has 1 fully saturated rings. The van der Waals surface area contributed by atoms with Gasteiger partial charge in [-0.15, -0.1) is 0 Å². The number of carbonyl (C=O) groups is 1. The fourth-order valence-electron chi connectivity index (χ4n) is 4.35. The molecule has 2 aliphatic rings. The number of rotatable bonds is 5. The Hall–Kier alpha value is -3.23. The highest BCUT2D eigenvalue weighted by molar-refractivity contribution is 5.77. The molecule has 1 amide bonds. The summed E-state index contributed by atoms with van der Waals surface area (Å²) in [6, 6.07) is 0. The molecule has 1 aliphatic heterocycles. The molecule has 1 N–H and O–H groups in total. The molecule has 0 saturated carbocycles. The number of hydrogen-bond donors (Lipinski definition) is 1. The molecule has 2 atom stereocenters. The van der Waals surface area contributed by atoms with Crippen LogP contribution >= 0.6 is 0 Å². The molecule has 3 heterocycles. The van der Waals surface area contributed by atoms with E-state index in [-0.39, 0.29) is 42.4 Å². The second-order valence-electron chi connectivity index (χ2n) is 8.60. The third-order valence-corrected chi connectivity index (χ3v) is 6.10. The third-order valence-electron chi connectivity index (χ3n) is 6.10. The molecule has 196 valence electrons. The van der Waals surface area contributed by atoms with E-state index in [1.165, 1.54) is 0 Å². The molecule has 1 saturated heterocycles. The number of anilines is 1. The van der Waals surface area contributed by atoms with E-state index >= 15 is 0 Å². The van der Waals surface area contributed by atoms with Crippen LogP contribution in [0.25, 0.3) is 0 Å². The minimum Gasteiger partial charge on any atom is -0.368 e. The summed E-state index contributed by atoms with van der Waals surface area (Å²) in [7, 11) is 0. The molecule has 1 aliphatic carbocycles. The molecule has 0 bridgehead atoms. The van der Waals surface area contributed by atoms with Gasteiger partial charge in [0.15, 0.2) is 0 Å². The molecular formula is C21H22F6N6O3. The van der Waals surface area contributed by atoms with Gasteiger partial charge in [-0.05, 0) is 25.3 Å². The zero-order chi connectivity index (χ0) is 26.3. The Morgan fingerprint density at radius 1 is 1.11 bits per heavy atom. The molecule has 36 heavy (non-hydrogen) atoms. The zero-order valence-corrected chi connectivity index (χ0v) is 19.0. The molecule has 0 spiro atoms. The Bertz CT molecular complexity index is 1160. The molecule has 0 radical (unpaired) electrons.